The largest absolute Gasteiger partial charge is 0.357 e. The average molecular weight is 369 g/mol. The van der Waals surface area contributed by atoms with Crippen molar-refractivity contribution in [2.24, 2.45) is 0 Å². The molecule has 0 fully saturated rings. The summed E-state index contributed by atoms with van der Waals surface area (Å²) in [4.78, 5) is 3.67. The van der Waals surface area contributed by atoms with E-state index in [2.05, 4.69) is 81.7 Å². The molecule has 0 radical (unpaired) electrons. The van der Waals surface area contributed by atoms with Crippen molar-refractivity contribution in [1.29, 1.82) is 0 Å². The zero-order valence-corrected chi connectivity index (χ0v) is 14.9. The molecule has 2 N–H and O–H groups in total. The second kappa shape index (κ2) is 6.14. The Bertz CT molecular complexity index is 822. The summed E-state index contributed by atoms with van der Waals surface area (Å²) >= 11 is 3.58. The second-order valence-electron chi connectivity index (χ2n) is 6.45. The third kappa shape index (κ3) is 2.84. The summed E-state index contributed by atoms with van der Waals surface area (Å²) in [5, 5.41) is 5.20. The quantitative estimate of drug-likeness (QED) is 0.613. The van der Waals surface area contributed by atoms with E-state index in [0.717, 1.165) is 4.47 Å². The van der Waals surface area contributed by atoms with Crippen LogP contribution in [0, 0.1) is 0 Å². The maximum atomic E-state index is 3.82. The summed E-state index contributed by atoms with van der Waals surface area (Å²) in [6.07, 6.45) is 3.61. The van der Waals surface area contributed by atoms with Gasteiger partial charge in [0.1, 0.15) is 0 Å². The summed E-state index contributed by atoms with van der Waals surface area (Å²) in [6, 6.07) is 18.0. The highest BCUT2D eigenvalue weighted by Crippen LogP contribution is 2.36. The van der Waals surface area contributed by atoms with Crippen molar-refractivity contribution in [2.75, 3.05) is 0 Å². The molecule has 1 heterocycles. The number of hydrogen-bond donors (Lipinski definition) is 2. The molecule has 23 heavy (non-hydrogen) atoms. The van der Waals surface area contributed by atoms with Gasteiger partial charge in [-0.05, 0) is 49.4 Å². The number of nitrogens with one attached hydrogen (secondary N) is 2. The van der Waals surface area contributed by atoms with Crippen molar-refractivity contribution >= 4 is 26.8 Å². The predicted octanol–water partition coefficient (Wildman–Crippen LogP) is 5.66. The zero-order valence-electron chi connectivity index (χ0n) is 13.3. The fraction of sp³-hybridized carbons (Fsp3) is 0.300. The second-order valence-corrected chi connectivity index (χ2v) is 7.37. The van der Waals surface area contributed by atoms with Crippen molar-refractivity contribution in [1.82, 2.24) is 10.3 Å². The van der Waals surface area contributed by atoms with Crippen LogP contribution in [-0.2, 0) is 6.42 Å². The van der Waals surface area contributed by atoms with E-state index in [4.69, 9.17) is 0 Å². The number of aryl methyl sites for hydroxylation is 1. The first-order valence-corrected chi connectivity index (χ1v) is 9.12. The molecule has 1 aliphatic rings. The Morgan fingerprint density at radius 1 is 1.17 bits per heavy atom. The lowest BCUT2D eigenvalue weighted by Gasteiger charge is -2.27. The smallest absolute Gasteiger partial charge is 0.0480 e. The van der Waals surface area contributed by atoms with Gasteiger partial charge in [-0.1, -0.05) is 52.3 Å². The van der Waals surface area contributed by atoms with E-state index in [0.29, 0.717) is 12.1 Å². The molecule has 1 aromatic heterocycles. The molecule has 2 nitrogen and oxygen atoms in total. The highest BCUT2D eigenvalue weighted by molar-refractivity contribution is 9.10. The van der Waals surface area contributed by atoms with Crippen molar-refractivity contribution in [3.8, 4) is 0 Å². The van der Waals surface area contributed by atoms with Crippen LogP contribution in [0.5, 0.6) is 0 Å². The first-order valence-electron chi connectivity index (χ1n) is 8.33. The van der Waals surface area contributed by atoms with Crippen molar-refractivity contribution in [2.45, 2.75) is 38.3 Å². The van der Waals surface area contributed by atoms with Gasteiger partial charge in [-0.3, -0.25) is 0 Å². The molecule has 3 aromatic rings. The van der Waals surface area contributed by atoms with E-state index in [1.807, 2.05) is 0 Å². The first-order chi connectivity index (χ1) is 11.2. The van der Waals surface area contributed by atoms with Crippen LogP contribution >= 0.6 is 15.9 Å². The minimum Gasteiger partial charge on any atom is -0.357 e. The molecule has 0 saturated heterocycles. The molecule has 0 bridgehead atoms. The molecule has 0 saturated carbocycles. The van der Waals surface area contributed by atoms with Gasteiger partial charge in [0.15, 0.2) is 0 Å². The van der Waals surface area contributed by atoms with Crippen molar-refractivity contribution in [3.05, 3.63) is 69.8 Å². The van der Waals surface area contributed by atoms with E-state index in [1.165, 1.54) is 47.0 Å². The molecular formula is C20H21BrN2. The Morgan fingerprint density at radius 3 is 2.83 bits per heavy atom. The number of fused-ring (bicyclic) bond motifs is 3. The summed E-state index contributed by atoms with van der Waals surface area (Å²) in [7, 11) is 0. The van der Waals surface area contributed by atoms with Crippen LogP contribution in [-0.4, -0.2) is 4.98 Å². The van der Waals surface area contributed by atoms with Crippen LogP contribution in [0.25, 0.3) is 10.9 Å². The van der Waals surface area contributed by atoms with Crippen LogP contribution in [0.15, 0.2) is 53.0 Å². The Balaban J connectivity index is 1.66. The van der Waals surface area contributed by atoms with Gasteiger partial charge in [-0.25, -0.2) is 0 Å². The summed E-state index contributed by atoms with van der Waals surface area (Å²) in [5.74, 6) is 0. The molecule has 2 atom stereocenters. The highest BCUT2D eigenvalue weighted by Gasteiger charge is 2.25. The zero-order chi connectivity index (χ0) is 15.8. The number of halogens is 1. The maximum absolute atomic E-state index is 3.82. The van der Waals surface area contributed by atoms with Crippen LogP contribution < -0.4 is 5.32 Å². The third-order valence-electron chi connectivity index (χ3n) is 4.92. The highest BCUT2D eigenvalue weighted by atomic mass is 79.9. The van der Waals surface area contributed by atoms with E-state index in [-0.39, 0.29) is 0 Å². The lowest BCUT2D eigenvalue weighted by Crippen LogP contribution is -2.27. The number of aromatic amines is 1. The molecule has 2 aromatic carbocycles. The molecule has 0 amide bonds. The first kappa shape index (κ1) is 15.0. The Labute approximate surface area is 145 Å². The number of aromatic nitrogens is 1. The molecule has 118 valence electrons. The number of rotatable bonds is 3. The predicted molar refractivity (Wildman–Crippen MR) is 99.7 cm³/mol. The number of benzene rings is 2. The molecule has 0 spiro atoms. The van der Waals surface area contributed by atoms with Gasteiger partial charge in [0, 0.05) is 33.2 Å². The topological polar surface area (TPSA) is 27.8 Å². The van der Waals surface area contributed by atoms with Gasteiger partial charge in [-0.15, -0.1) is 0 Å². The molecule has 3 heteroatoms. The standard InChI is InChI=1S/C20H21BrN2/c1-13(14-6-3-2-4-7-14)22-18-9-5-8-17-16-11-10-15(21)12-19(16)23-20(17)18/h2-4,6-7,10-13,18,22-23H,5,8-9H2,1H3/t13-,18-/m1/s1. The van der Waals surface area contributed by atoms with Crippen LogP contribution in [0.2, 0.25) is 0 Å². The summed E-state index contributed by atoms with van der Waals surface area (Å²) in [6.45, 7) is 2.25. The van der Waals surface area contributed by atoms with E-state index >= 15 is 0 Å². The molecule has 0 unspecified atom stereocenters. The van der Waals surface area contributed by atoms with Gasteiger partial charge in [0.2, 0.25) is 0 Å². The van der Waals surface area contributed by atoms with Gasteiger partial charge in [-0.2, -0.15) is 0 Å². The summed E-state index contributed by atoms with van der Waals surface area (Å²) in [5.41, 5.74) is 5.47. The minimum absolute atomic E-state index is 0.352. The monoisotopic (exact) mass is 368 g/mol. The SMILES string of the molecule is C[C@@H](N[C@@H]1CCCc2c1[nH]c1cc(Br)ccc21)c1ccccc1. The lowest BCUT2D eigenvalue weighted by atomic mass is 9.91. The average Bonchev–Trinajstić information content (AvgIpc) is 2.94. The molecular weight excluding hydrogens is 348 g/mol. The van der Waals surface area contributed by atoms with Gasteiger partial charge in [0.25, 0.3) is 0 Å². The number of H-pyrrole nitrogens is 1. The van der Waals surface area contributed by atoms with Crippen LogP contribution in [0.4, 0.5) is 0 Å². The number of hydrogen-bond acceptors (Lipinski definition) is 1. The molecule has 0 aliphatic heterocycles. The maximum Gasteiger partial charge on any atom is 0.0480 e. The Kier molecular flexibility index (Phi) is 4.00. The fourth-order valence-electron chi connectivity index (χ4n) is 3.75. The van der Waals surface area contributed by atoms with E-state index in [1.54, 1.807) is 0 Å². The minimum atomic E-state index is 0.352. The normalized spacial score (nSPS) is 18.8. The van der Waals surface area contributed by atoms with Gasteiger partial charge < -0.3 is 10.3 Å². The van der Waals surface area contributed by atoms with Gasteiger partial charge >= 0.3 is 0 Å². The Morgan fingerprint density at radius 2 is 2.00 bits per heavy atom. The van der Waals surface area contributed by atoms with Crippen molar-refractivity contribution < 1.29 is 0 Å². The summed E-state index contributed by atoms with van der Waals surface area (Å²) < 4.78 is 1.13. The van der Waals surface area contributed by atoms with E-state index in [9.17, 15) is 0 Å². The third-order valence-corrected chi connectivity index (χ3v) is 5.41. The fourth-order valence-corrected chi connectivity index (χ4v) is 4.11. The Hall–Kier alpha value is -1.58. The van der Waals surface area contributed by atoms with Gasteiger partial charge in [0.05, 0.1) is 0 Å². The lowest BCUT2D eigenvalue weighted by molar-refractivity contribution is 0.410. The van der Waals surface area contributed by atoms with Crippen molar-refractivity contribution in [3.63, 3.8) is 0 Å². The molecule has 1 aliphatic carbocycles. The van der Waals surface area contributed by atoms with Crippen LogP contribution in [0.1, 0.15) is 48.7 Å². The van der Waals surface area contributed by atoms with E-state index < -0.39 is 0 Å². The molecule has 4 rings (SSSR count). The van der Waals surface area contributed by atoms with Crippen LogP contribution in [0.3, 0.4) is 0 Å².